The molecule has 1 heterocycles. The van der Waals surface area contributed by atoms with E-state index in [1.807, 2.05) is 20.8 Å². The first kappa shape index (κ1) is 14.0. The Hall–Kier alpha value is -1.06. The molecule has 0 aromatic carbocycles. The van der Waals surface area contributed by atoms with Gasteiger partial charge in [0.2, 0.25) is 11.8 Å². The van der Waals surface area contributed by atoms with E-state index < -0.39 is 5.54 Å². The van der Waals surface area contributed by atoms with Crippen LogP contribution in [0.2, 0.25) is 0 Å². The molecular weight excluding hydrogens is 216 g/mol. The van der Waals surface area contributed by atoms with E-state index in [-0.39, 0.29) is 24.4 Å². The Morgan fingerprint density at radius 2 is 2.06 bits per heavy atom. The van der Waals surface area contributed by atoms with Gasteiger partial charge < -0.3 is 10.2 Å². The molecule has 17 heavy (non-hydrogen) atoms. The predicted octanol–water partition coefficient (Wildman–Crippen LogP) is 1.69. The van der Waals surface area contributed by atoms with E-state index in [2.05, 4.69) is 12.2 Å². The molecule has 0 spiro atoms. The number of piperazine rings is 1. The first-order valence-corrected chi connectivity index (χ1v) is 6.56. The van der Waals surface area contributed by atoms with Crippen molar-refractivity contribution in [2.24, 2.45) is 0 Å². The Morgan fingerprint density at radius 1 is 1.41 bits per heavy atom. The second kappa shape index (κ2) is 5.52. The third kappa shape index (κ3) is 2.99. The van der Waals surface area contributed by atoms with Crippen LogP contribution in [0, 0.1) is 0 Å². The lowest BCUT2D eigenvalue weighted by Gasteiger charge is -2.42. The molecule has 1 saturated heterocycles. The zero-order valence-corrected chi connectivity index (χ0v) is 11.4. The van der Waals surface area contributed by atoms with Gasteiger partial charge in [0.25, 0.3) is 0 Å². The molecule has 1 aliphatic heterocycles. The number of amides is 2. The van der Waals surface area contributed by atoms with Gasteiger partial charge in [0.15, 0.2) is 0 Å². The Labute approximate surface area is 104 Å². The van der Waals surface area contributed by atoms with E-state index in [0.717, 1.165) is 19.3 Å². The highest BCUT2D eigenvalue weighted by Crippen LogP contribution is 2.21. The number of hydrogen-bond acceptors (Lipinski definition) is 2. The minimum Gasteiger partial charge on any atom is -0.340 e. The fourth-order valence-corrected chi connectivity index (χ4v) is 2.20. The summed E-state index contributed by atoms with van der Waals surface area (Å²) in [7, 11) is 0. The van der Waals surface area contributed by atoms with E-state index >= 15 is 0 Å². The predicted molar refractivity (Wildman–Crippen MR) is 67.5 cm³/mol. The zero-order valence-electron chi connectivity index (χ0n) is 11.4. The fourth-order valence-electron chi connectivity index (χ4n) is 2.20. The van der Waals surface area contributed by atoms with E-state index in [9.17, 15) is 9.59 Å². The molecule has 4 heteroatoms. The van der Waals surface area contributed by atoms with Crippen molar-refractivity contribution in [1.29, 1.82) is 0 Å². The lowest BCUT2D eigenvalue weighted by atomic mass is 9.93. The summed E-state index contributed by atoms with van der Waals surface area (Å²) >= 11 is 0. The van der Waals surface area contributed by atoms with Gasteiger partial charge in [-0.1, -0.05) is 26.7 Å². The number of nitrogens with one attached hydrogen (secondary N) is 1. The molecular formula is C13H24N2O2. The average Bonchev–Trinajstić information content (AvgIpc) is 2.30. The van der Waals surface area contributed by atoms with E-state index in [0.29, 0.717) is 6.42 Å². The summed E-state index contributed by atoms with van der Waals surface area (Å²) in [4.78, 5) is 25.7. The van der Waals surface area contributed by atoms with E-state index in [1.54, 1.807) is 4.90 Å². The normalized spacial score (nSPS) is 26.9. The van der Waals surface area contributed by atoms with Crippen LogP contribution in [0.5, 0.6) is 0 Å². The van der Waals surface area contributed by atoms with Crippen molar-refractivity contribution in [3.8, 4) is 0 Å². The maximum Gasteiger partial charge on any atom is 0.248 e. The molecule has 1 rings (SSSR count). The van der Waals surface area contributed by atoms with Gasteiger partial charge in [-0.3, -0.25) is 9.59 Å². The number of carbonyl (C=O) groups is 2. The molecule has 4 nitrogen and oxygen atoms in total. The molecule has 0 aromatic rings. The molecule has 98 valence electrons. The molecule has 1 aliphatic rings. The standard InChI is InChI=1S/C13H24N2O2/c1-5-7-8-10(3)15-9-11(16)14-13(4,6-2)12(15)17/h10H,5-9H2,1-4H3,(H,14,16). The lowest BCUT2D eigenvalue weighted by molar-refractivity contribution is -0.151. The Kier molecular flexibility index (Phi) is 4.54. The van der Waals surface area contributed by atoms with Gasteiger partial charge in [-0.2, -0.15) is 0 Å². The van der Waals surface area contributed by atoms with Crippen LogP contribution in [0.15, 0.2) is 0 Å². The monoisotopic (exact) mass is 240 g/mol. The van der Waals surface area contributed by atoms with E-state index in [4.69, 9.17) is 0 Å². The maximum atomic E-state index is 12.3. The summed E-state index contributed by atoms with van der Waals surface area (Å²) < 4.78 is 0. The number of hydrogen-bond donors (Lipinski definition) is 1. The first-order chi connectivity index (χ1) is 7.94. The average molecular weight is 240 g/mol. The number of unbranched alkanes of at least 4 members (excludes halogenated alkanes) is 1. The highest BCUT2D eigenvalue weighted by molar-refractivity contribution is 5.97. The number of nitrogens with zero attached hydrogens (tertiary/aromatic N) is 1. The van der Waals surface area contributed by atoms with Crippen molar-refractivity contribution in [3.05, 3.63) is 0 Å². The van der Waals surface area contributed by atoms with Crippen LogP contribution in [0.1, 0.15) is 53.4 Å². The van der Waals surface area contributed by atoms with E-state index in [1.165, 1.54) is 0 Å². The summed E-state index contributed by atoms with van der Waals surface area (Å²) in [5.74, 6) is 0.0144. The molecule has 0 radical (unpaired) electrons. The minimum atomic E-state index is -0.712. The topological polar surface area (TPSA) is 49.4 Å². The largest absolute Gasteiger partial charge is 0.340 e. The third-order valence-corrected chi connectivity index (χ3v) is 3.68. The molecule has 2 atom stereocenters. The summed E-state index contributed by atoms with van der Waals surface area (Å²) in [6.45, 7) is 8.11. The summed E-state index contributed by atoms with van der Waals surface area (Å²) in [6, 6.07) is 0.152. The maximum absolute atomic E-state index is 12.3. The fraction of sp³-hybridized carbons (Fsp3) is 0.846. The van der Waals surface area contributed by atoms with Gasteiger partial charge in [0.1, 0.15) is 5.54 Å². The SMILES string of the molecule is CCCCC(C)N1CC(=O)NC(C)(CC)C1=O. The minimum absolute atomic E-state index is 0.0442. The van der Waals surface area contributed by atoms with Crippen LogP contribution in [0.3, 0.4) is 0 Å². The number of rotatable bonds is 5. The molecule has 0 bridgehead atoms. The molecule has 1 N–H and O–H groups in total. The van der Waals surface area contributed by atoms with Crippen molar-refractivity contribution in [1.82, 2.24) is 10.2 Å². The molecule has 0 aliphatic carbocycles. The van der Waals surface area contributed by atoms with Gasteiger partial charge in [-0.05, 0) is 26.7 Å². The van der Waals surface area contributed by atoms with Gasteiger partial charge >= 0.3 is 0 Å². The van der Waals surface area contributed by atoms with Crippen LogP contribution < -0.4 is 5.32 Å². The Balaban J connectivity index is 2.77. The smallest absolute Gasteiger partial charge is 0.248 e. The molecule has 1 fully saturated rings. The quantitative estimate of drug-likeness (QED) is 0.795. The first-order valence-electron chi connectivity index (χ1n) is 6.56. The summed E-state index contributed by atoms with van der Waals surface area (Å²) in [5.41, 5.74) is -0.712. The molecule has 0 saturated carbocycles. The second-order valence-corrected chi connectivity index (χ2v) is 5.16. The van der Waals surface area contributed by atoms with Crippen LogP contribution in [-0.4, -0.2) is 34.8 Å². The highest BCUT2D eigenvalue weighted by Gasteiger charge is 2.42. The van der Waals surface area contributed by atoms with Crippen molar-refractivity contribution in [2.45, 2.75) is 65.0 Å². The van der Waals surface area contributed by atoms with Crippen molar-refractivity contribution >= 4 is 11.8 Å². The van der Waals surface area contributed by atoms with Crippen molar-refractivity contribution in [2.75, 3.05) is 6.54 Å². The zero-order chi connectivity index (χ0) is 13.1. The van der Waals surface area contributed by atoms with Gasteiger partial charge in [-0.25, -0.2) is 0 Å². The Morgan fingerprint density at radius 3 is 2.59 bits per heavy atom. The van der Waals surface area contributed by atoms with Gasteiger partial charge in [-0.15, -0.1) is 0 Å². The summed E-state index contributed by atoms with van der Waals surface area (Å²) in [6.07, 6.45) is 3.81. The van der Waals surface area contributed by atoms with Crippen molar-refractivity contribution < 1.29 is 9.59 Å². The van der Waals surface area contributed by atoms with Crippen LogP contribution >= 0.6 is 0 Å². The van der Waals surface area contributed by atoms with Crippen molar-refractivity contribution in [3.63, 3.8) is 0 Å². The lowest BCUT2D eigenvalue weighted by Crippen LogP contribution is -2.66. The van der Waals surface area contributed by atoms with Gasteiger partial charge in [0.05, 0.1) is 6.54 Å². The van der Waals surface area contributed by atoms with Gasteiger partial charge in [0, 0.05) is 6.04 Å². The van der Waals surface area contributed by atoms with Crippen LogP contribution in [0.4, 0.5) is 0 Å². The Bertz CT molecular complexity index is 304. The third-order valence-electron chi connectivity index (χ3n) is 3.68. The summed E-state index contributed by atoms with van der Waals surface area (Å²) in [5, 5.41) is 2.80. The van der Waals surface area contributed by atoms with Crippen LogP contribution in [0.25, 0.3) is 0 Å². The highest BCUT2D eigenvalue weighted by atomic mass is 16.2. The second-order valence-electron chi connectivity index (χ2n) is 5.16. The number of carbonyl (C=O) groups excluding carboxylic acids is 2. The molecule has 2 unspecified atom stereocenters. The van der Waals surface area contributed by atoms with Crippen LogP contribution in [-0.2, 0) is 9.59 Å². The molecule has 2 amide bonds. The molecule has 0 aromatic heterocycles.